The van der Waals surface area contributed by atoms with Crippen molar-refractivity contribution < 1.29 is 0 Å². The summed E-state index contributed by atoms with van der Waals surface area (Å²) in [6, 6.07) is 0. The van der Waals surface area contributed by atoms with Crippen LogP contribution in [0.25, 0.3) is 0 Å². The molecule has 0 aliphatic carbocycles. The van der Waals surface area contributed by atoms with Gasteiger partial charge in [0.1, 0.15) is 7.85 Å². The minimum atomic E-state index is 0.210. The molecule has 0 saturated heterocycles. The Kier molecular flexibility index (Phi) is 3.16. The van der Waals surface area contributed by atoms with Gasteiger partial charge in [-0.1, -0.05) is 44.0 Å². The summed E-state index contributed by atoms with van der Waals surface area (Å²) in [6.45, 7) is 14.9. The zero-order valence-electron chi connectivity index (χ0n) is 8.71. The van der Waals surface area contributed by atoms with Gasteiger partial charge in [-0.2, -0.15) is 0 Å². The lowest BCUT2D eigenvalue weighted by Crippen LogP contribution is -2.11. The van der Waals surface area contributed by atoms with Crippen LogP contribution < -0.4 is 0 Å². The highest BCUT2D eigenvalue weighted by Crippen LogP contribution is 2.29. The molecule has 0 aliphatic heterocycles. The zero-order valence-corrected chi connectivity index (χ0v) is 8.71. The van der Waals surface area contributed by atoms with E-state index in [1.54, 1.807) is 0 Å². The summed E-state index contributed by atoms with van der Waals surface area (Å²) in [5, 5.41) is 0. The summed E-state index contributed by atoms with van der Waals surface area (Å²) in [5.41, 5.74) is 4.17. The molecule has 0 bridgehead atoms. The Labute approximate surface area is 71.8 Å². The molecule has 0 N–H and O–H groups in total. The summed E-state index contributed by atoms with van der Waals surface area (Å²) < 4.78 is 0. The Morgan fingerprint density at radius 2 is 1.55 bits per heavy atom. The Balaban J connectivity index is 4.67. The highest BCUT2D eigenvalue weighted by atomic mass is 14.2. The molecule has 0 amide bonds. The smallest absolute Gasteiger partial charge is 0.0959 e. The second-order valence-corrected chi connectivity index (χ2v) is 4.35. The summed E-state index contributed by atoms with van der Waals surface area (Å²) in [7, 11) is 2.14. The molecule has 0 atom stereocenters. The predicted octanol–water partition coefficient (Wildman–Crippen LogP) is 2.52. The normalized spacial score (nSPS) is 11.0. The van der Waals surface area contributed by atoms with E-state index in [4.69, 9.17) is 0 Å². The molecular formula is C10H19B. The van der Waals surface area contributed by atoms with Crippen molar-refractivity contribution in [3.63, 3.8) is 0 Å². The SMILES string of the molecule is BC(C(=C)C(C)(C)C)=C(C)C. The molecule has 0 aromatic rings. The molecule has 0 saturated carbocycles. The Morgan fingerprint density at radius 1 is 1.18 bits per heavy atom. The first-order chi connectivity index (χ1) is 4.76. The molecule has 0 aromatic heterocycles. The van der Waals surface area contributed by atoms with Crippen LogP contribution in [0.2, 0.25) is 0 Å². The van der Waals surface area contributed by atoms with E-state index in [1.165, 1.54) is 16.6 Å². The van der Waals surface area contributed by atoms with Crippen LogP contribution in [-0.2, 0) is 0 Å². The predicted molar refractivity (Wildman–Crippen MR) is 55.5 cm³/mol. The highest BCUT2D eigenvalue weighted by Gasteiger charge is 2.15. The third-order valence-electron chi connectivity index (χ3n) is 2.11. The van der Waals surface area contributed by atoms with Crippen LogP contribution in [0.3, 0.4) is 0 Å². The van der Waals surface area contributed by atoms with Gasteiger partial charge in [-0.3, -0.25) is 0 Å². The van der Waals surface area contributed by atoms with E-state index < -0.39 is 0 Å². The van der Waals surface area contributed by atoms with Crippen LogP contribution >= 0.6 is 0 Å². The van der Waals surface area contributed by atoms with Gasteiger partial charge in [0.2, 0.25) is 0 Å². The van der Waals surface area contributed by atoms with E-state index in [0.717, 1.165) is 0 Å². The van der Waals surface area contributed by atoms with Gasteiger partial charge in [-0.25, -0.2) is 0 Å². The molecule has 62 valence electrons. The van der Waals surface area contributed by atoms with Crippen molar-refractivity contribution in [1.82, 2.24) is 0 Å². The van der Waals surface area contributed by atoms with Crippen LogP contribution in [0.4, 0.5) is 0 Å². The lowest BCUT2D eigenvalue weighted by molar-refractivity contribution is 0.516. The topological polar surface area (TPSA) is 0 Å². The molecule has 0 fully saturated rings. The number of rotatable bonds is 1. The second kappa shape index (κ2) is 3.29. The van der Waals surface area contributed by atoms with Gasteiger partial charge in [-0.15, -0.1) is 0 Å². The molecular weight excluding hydrogens is 131 g/mol. The molecule has 0 nitrogen and oxygen atoms in total. The fraction of sp³-hybridized carbons (Fsp3) is 0.600. The first-order valence-corrected chi connectivity index (χ1v) is 4.10. The molecule has 0 unspecified atom stereocenters. The maximum Gasteiger partial charge on any atom is 0.139 e. The maximum atomic E-state index is 4.09. The zero-order chi connectivity index (χ0) is 9.23. The highest BCUT2D eigenvalue weighted by molar-refractivity contribution is 6.24. The van der Waals surface area contributed by atoms with Crippen molar-refractivity contribution in [3.05, 3.63) is 23.2 Å². The third kappa shape index (κ3) is 2.96. The first kappa shape index (κ1) is 10.5. The number of hydrogen-bond acceptors (Lipinski definition) is 0. The lowest BCUT2D eigenvalue weighted by atomic mass is 9.74. The van der Waals surface area contributed by atoms with Gasteiger partial charge in [0.15, 0.2) is 0 Å². The van der Waals surface area contributed by atoms with Crippen LogP contribution in [0.1, 0.15) is 34.6 Å². The van der Waals surface area contributed by atoms with Crippen molar-refractivity contribution in [2.24, 2.45) is 5.41 Å². The Bertz CT molecular complexity index is 187. The summed E-state index contributed by atoms with van der Waals surface area (Å²) >= 11 is 0. The van der Waals surface area contributed by atoms with Crippen LogP contribution in [0.15, 0.2) is 23.2 Å². The van der Waals surface area contributed by atoms with Crippen LogP contribution in [0, 0.1) is 5.41 Å². The van der Waals surface area contributed by atoms with Crippen molar-refractivity contribution in [2.75, 3.05) is 0 Å². The first-order valence-electron chi connectivity index (χ1n) is 4.10. The van der Waals surface area contributed by atoms with E-state index >= 15 is 0 Å². The monoisotopic (exact) mass is 150 g/mol. The van der Waals surface area contributed by atoms with E-state index in [2.05, 4.69) is 49.0 Å². The van der Waals surface area contributed by atoms with E-state index in [0.29, 0.717) is 0 Å². The minimum absolute atomic E-state index is 0.210. The molecule has 0 radical (unpaired) electrons. The minimum Gasteiger partial charge on any atom is -0.0959 e. The van der Waals surface area contributed by atoms with E-state index in [-0.39, 0.29) is 5.41 Å². The average molecular weight is 150 g/mol. The van der Waals surface area contributed by atoms with Gasteiger partial charge < -0.3 is 0 Å². The number of hydrogen-bond donors (Lipinski definition) is 0. The lowest BCUT2D eigenvalue weighted by Gasteiger charge is -2.23. The van der Waals surface area contributed by atoms with E-state index in [1.807, 2.05) is 0 Å². The van der Waals surface area contributed by atoms with Gasteiger partial charge in [-0.05, 0) is 19.3 Å². The Hall–Kier alpha value is -0.455. The van der Waals surface area contributed by atoms with Gasteiger partial charge in [0.25, 0.3) is 0 Å². The third-order valence-corrected chi connectivity index (χ3v) is 2.11. The van der Waals surface area contributed by atoms with Crippen LogP contribution in [-0.4, -0.2) is 7.85 Å². The van der Waals surface area contributed by atoms with Crippen molar-refractivity contribution in [1.29, 1.82) is 0 Å². The van der Waals surface area contributed by atoms with Crippen molar-refractivity contribution >= 4 is 7.85 Å². The van der Waals surface area contributed by atoms with Crippen molar-refractivity contribution in [2.45, 2.75) is 34.6 Å². The molecule has 0 heterocycles. The summed E-state index contributed by atoms with van der Waals surface area (Å²) in [6.07, 6.45) is 0. The molecule has 0 spiro atoms. The fourth-order valence-corrected chi connectivity index (χ4v) is 0.864. The molecule has 0 aliphatic rings. The van der Waals surface area contributed by atoms with E-state index in [9.17, 15) is 0 Å². The summed E-state index contributed by atoms with van der Waals surface area (Å²) in [4.78, 5) is 0. The average Bonchev–Trinajstić information content (AvgIpc) is 1.82. The molecule has 1 heteroatoms. The fourth-order valence-electron chi connectivity index (χ4n) is 0.864. The van der Waals surface area contributed by atoms with Crippen molar-refractivity contribution in [3.8, 4) is 0 Å². The molecule has 0 rings (SSSR count). The largest absolute Gasteiger partial charge is 0.139 e. The molecule has 0 aromatic carbocycles. The van der Waals surface area contributed by atoms with Gasteiger partial charge in [0.05, 0.1) is 0 Å². The van der Waals surface area contributed by atoms with Gasteiger partial charge in [0, 0.05) is 0 Å². The van der Waals surface area contributed by atoms with Crippen LogP contribution in [0.5, 0.6) is 0 Å². The quantitative estimate of drug-likeness (QED) is 0.398. The Morgan fingerprint density at radius 3 is 1.64 bits per heavy atom. The van der Waals surface area contributed by atoms with Gasteiger partial charge >= 0.3 is 0 Å². The standard InChI is InChI=1S/C10H19B/c1-7(2)9(11)8(3)10(4,5)6/h3,11H2,1-2,4-6H3. The molecule has 11 heavy (non-hydrogen) atoms. The second-order valence-electron chi connectivity index (χ2n) is 4.35. The maximum absolute atomic E-state index is 4.09. The summed E-state index contributed by atoms with van der Waals surface area (Å²) in [5.74, 6) is 0. The number of allylic oxidation sites excluding steroid dienone is 3.